The summed E-state index contributed by atoms with van der Waals surface area (Å²) in [5, 5.41) is 6.77. The summed E-state index contributed by atoms with van der Waals surface area (Å²) in [6, 6.07) is 9.46. The maximum absolute atomic E-state index is 11.7. The van der Waals surface area contributed by atoms with Gasteiger partial charge in [-0.2, -0.15) is 0 Å². The van der Waals surface area contributed by atoms with Crippen LogP contribution >= 0.6 is 0 Å². The molecule has 0 fully saturated rings. The Morgan fingerprint density at radius 3 is 3.06 bits per heavy atom. The van der Waals surface area contributed by atoms with Gasteiger partial charge in [0.05, 0.1) is 17.7 Å². The molecule has 0 spiro atoms. The highest BCUT2D eigenvalue weighted by Gasteiger charge is 2.04. The topological polar surface area (TPSA) is 54.0 Å². The number of hydrogen-bond acceptors (Lipinski definition) is 3. The predicted octanol–water partition coefficient (Wildman–Crippen LogP) is 1.95. The van der Waals surface area contributed by atoms with Gasteiger partial charge < -0.3 is 10.6 Å². The largest absolute Gasteiger partial charge is 0.324 e. The first-order valence-electron chi connectivity index (χ1n) is 5.76. The van der Waals surface area contributed by atoms with Crippen molar-refractivity contribution in [1.82, 2.24) is 10.3 Å². The quantitative estimate of drug-likeness (QED) is 0.621. The smallest absolute Gasteiger partial charge is 0.238 e. The van der Waals surface area contributed by atoms with E-state index in [4.69, 9.17) is 0 Å². The first-order chi connectivity index (χ1) is 8.81. The molecule has 18 heavy (non-hydrogen) atoms. The third-order valence-corrected chi connectivity index (χ3v) is 2.49. The lowest BCUT2D eigenvalue weighted by Crippen LogP contribution is -2.28. The second-order valence-corrected chi connectivity index (χ2v) is 3.84. The Morgan fingerprint density at radius 1 is 1.33 bits per heavy atom. The minimum atomic E-state index is -0.0757. The van der Waals surface area contributed by atoms with Gasteiger partial charge in [0.1, 0.15) is 0 Å². The highest BCUT2D eigenvalue weighted by Crippen LogP contribution is 2.20. The summed E-state index contributed by atoms with van der Waals surface area (Å²) in [6.45, 7) is 4.46. The molecule has 0 atom stereocenters. The number of pyridine rings is 1. The molecule has 2 aromatic rings. The van der Waals surface area contributed by atoms with Crippen molar-refractivity contribution in [1.29, 1.82) is 0 Å². The second-order valence-electron chi connectivity index (χ2n) is 3.84. The number of aromatic nitrogens is 1. The van der Waals surface area contributed by atoms with E-state index in [0.717, 1.165) is 16.6 Å². The van der Waals surface area contributed by atoms with Gasteiger partial charge in [0, 0.05) is 18.1 Å². The second kappa shape index (κ2) is 5.93. The molecule has 0 bridgehead atoms. The van der Waals surface area contributed by atoms with Gasteiger partial charge in [0.2, 0.25) is 5.91 Å². The molecule has 0 saturated heterocycles. The Balaban J connectivity index is 2.11. The standard InChI is InChI=1S/C14H15N3O/c1-2-8-15-10-14(18)17-13-7-3-6-12-11(13)5-4-9-16-12/h2-7,9,15H,1,8,10H2,(H,17,18). The van der Waals surface area contributed by atoms with Gasteiger partial charge in [-0.1, -0.05) is 12.1 Å². The molecule has 2 N–H and O–H groups in total. The van der Waals surface area contributed by atoms with E-state index in [1.165, 1.54) is 0 Å². The lowest BCUT2D eigenvalue weighted by Gasteiger charge is -2.08. The number of nitrogens with zero attached hydrogens (tertiary/aromatic N) is 1. The number of hydrogen-bond donors (Lipinski definition) is 2. The summed E-state index contributed by atoms with van der Waals surface area (Å²) in [6.07, 6.45) is 3.45. The number of carbonyl (C=O) groups excluding carboxylic acids is 1. The molecule has 1 aromatic carbocycles. The van der Waals surface area contributed by atoms with Crippen molar-refractivity contribution in [2.45, 2.75) is 0 Å². The first kappa shape index (κ1) is 12.3. The average Bonchev–Trinajstić information content (AvgIpc) is 2.39. The summed E-state index contributed by atoms with van der Waals surface area (Å²) in [7, 11) is 0. The molecule has 92 valence electrons. The molecule has 0 unspecified atom stereocenters. The van der Waals surface area contributed by atoms with Crippen LogP contribution in [-0.2, 0) is 4.79 Å². The third-order valence-electron chi connectivity index (χ3n) is 2.49. The molecule has 0 aliphatic rings. The number of rotatable bonds is 5. The van der Waals surface area contributed by atoms with Crippen molar-refractivity contribution < 1.29 is 4.79 Å². The van der Waals surface area contributed by atoms with Gasteiger partial charge in [0.15, 0.2) is 0 Å². The lowest BCUT2D eigenvalue weighted by molar-refractivity contribution is -0.115. The van der Waals surface area contributed by atoms with Crippen LogP contribution in [0, 0.1) is 0 Å². The first-order valence-corrected chi connectivity index (χ1v) is 5.76. The summed E-state index contributed by atoms with van der Waals surface area (Å²) in [5.74, 6) is -0.0757. The number of nitrogens with one attached hydrogen (secondary N) is 2. The monoisotopic (exact) mass is 241 g/mol. The van der Waals surface area contributed by atoms with E-state index in [0.29, 0.717) is 6.54 Å². The van der Waals surface area contributed by atoms with E-state index < -0.39 is 0 Å². The molecule has 1 heterocycles. The minimum absolute atomic E-state index is 0.0757. The molecular formula is C14H15N3O. The van der Waals surface area contributed by atoms with Crippen LogP contribution in [-0.4, -0.2) is 24.0 Å². The van der Waals surface area contributed by atoms with Gasteiger partial charge in [-0.15, -0.1) is 6.58 Å². The van der Waals surface area contributed by atoms with Crippen LogP contribution in [0.15, 0.2) is 49.2 Å². The van der Waals surface area contributed by atoms with Crippen LogP contribution < -0.4 is 10.6 Å². The lowest BCUT2D eigenvalue weighted by atomic mass is 10.2. The SMILES string of the molecule is C=CCNCC(=O)Nc1cccc2ncccc12. The summed E-state index contributed by atoms with van der Waals surface area (Å²) in [4.78, 5) is 15.9. The van der Waals surface area contributed by atoms with Crippen molar-refractivity contribution in [3.8, 4) is 0 Å². The third kappa shape index (κ3) is 2.93. The molecule has 2 rings (SSSR count). The summed E-state index contributed by atoms with van der Waals surface area (Å²) < 4.78 is 0. The molecule has 4 nitrogen and oxygen atoms in total. The number of anilines is 1. The van der Waals surface area contributed by atoms with E-state index in [2.05, 4.69) is 22.2 Å². The number of benzene rings is 1. The van der Waals surface area contributed by atoms with Crippen LogP contribution in [0.3, 0.4) is 0 Å². The zero-order valence-electron chi connectivity index (χ0n) is 10.0. The minimum Gasteiger partial charge on any atom is -0.324 e. The van der Waals surface area contributed by atoms with Crippen molar-refractivity contribution in [2.24, 2.45) is 0 Å². The van der Waals surface area contributed by atoms with Gasteiger partial charge in [-0.05, 0) is 24.3 Å². The van der Waals surface area contributed by atoms with E-state index in [9.17, 15) is 4.79 Å². The Morgan fingerprint density at radius 2 is 2.22 bits per heavy atom. The van der Waals surface area contributed by atoms with Gasteiger partial charge in [0.25, 0.3) is 0 Å². The number of fused-ring (bicyclic) bond motifs is 1. The highest BCUT2D eigenvalue weighted by atomic mass is 16.1. The Labute approximate surface area is 106 Å². The van der Waals surface area contributed by atoms with Crippen LogP contribution in [0.2, 0.25) is 0 Å². The van der Waals surface area contributed by atoms with Crippen molar-refractivity contribution in [3.63, 3.8) is 0 Å². The molecule has 1 aromatic heterocycles. The maximum atomic E-state index is 11.7. The highest BCUT2D eigenvalue weighted by molar-refractivity contribution is 6.01. The van der Waals surface area contributed by atoms with E-state index in [1.54, 1.807) is 12.3 Å². The van der Waals surface area contributed by atoms with Gasteiger partial charge in [-0.3, -0.25) is 9.78 Å². The van der Waals surface area contributed by atoms with Crippen LogP contribution in [0.25, 0.3) is 10.9 Å². The van der Waals surface area contributed by atoms with Crippen LogP contribution in [0.4, 0.5) is 5.69 Å². The molecule has 0 radical (unpaired) electrons. The summed E-state index contributed by atoms with van der Waals surface area (Å²) in [5.41, 5.74) is 1.65. The van der Waals surface area contributed by atoms with Crippen LogP contribution in [0.5, 0.6) is 0 Å². The zero-order chi connectivity index (χ0) is 12.8. The van der Waals surface area contributed by atoms with Gasteiger partial charge in [-0.25, -0.2) is 0 Å². The Kier molecular flexibility index (Phi) is 4.04. The fourth-order valence-corrected chi connectivity index (χ4v) is 1.69. The molecule has 1 amide bonds. The Hall–Kier alpha value is -2.20. The fourth-order valence-electron chi connectivity index (χ4n) is 1.69. The summed E-state index contributed by atoms with van der Waals surface area (Å²) >= 11 is 0. The molecule has 4 heteroatoms. The van der Waals surface area contributed by atoms with Crippen molar-refractivity contribution >= 4 is 22.5 Å². The van der Waals surface area contributed by atoms with E-state index >= 15 is 0 Å². The van der Waals surface area contributed by atoms with Gasteiger partial charge >= 0.3 is 0 Å². The molecule has 0 saturated carbocycles. The molecule has 0 aliphatic carbocycles. The number of carbonyl (C=O) groups is 1. The van der Waals surface area contributed by atoms with Crippen molar-refractivity contribution in [3.05, 3.63) is 49.2 Å². The average molecular weight is 241 g/mol. The van der Waals surface area contributed by atoms with Crippen molar-refractivity contribution in [2.75, 3.05) is 18.4 Å². The molecule has 0 aliphatic heterocycles. The Bertz CT molecular complexity index is 560. The maximum Gasteiger partial charge on any atom is 0.238 e. The van der Waals surface area contributed by atoms with E-state index in [-0.39, 0.29) is 12.5 Å². The fraction of sp³-hybridized carbons (Fsp3) is 0.143. The predicted molar refractivity (Wildman–Crippen MR) is 73.4 cm³/mol. The molecular weight excluding hydrogens is 226 g/mol. The number of amides is 1. The zero-order valence-corrected chi connectivity index (χ0v) is 10.0. The normalized spacial score (nSPS) is 10.2. The van der Waals surface area contributed by atoms with E-state index in [1.807, 2.05) is 30.3 Å². The van der Waals surface area contributed by atoms with Crippen LogP contribution in [0.1, 0.15) is 0 Å².